The van der Waals surface area contributed by atoms with Crippen molar-refractivity contribution >= 4 is 17.4 Å². The van der Waals surface area contributed by atoms with Crippen LogP contribution in [0.1, 0.15) is 16.2 Å². The first-order valence-corrected chi connectivity index (χ1v) is 7.81. The number of hydrogen-bond acceptors (Lipinski definition) is 4. The van der Waals surface area contributed by atoms with Crippen molar-refractivity contribution < 1.29 is 27.5 Å². The Balaban J connectivity index is 2.06. The second-order valence-corrected chi connectivity index (χ2v) is 5.58. The summed E-state index contributed by atoms with van der Waals surface area (Å²) in [6.45, 7) is -0.351. The van der Waals surface area contributed by atoms with Crippen molar-refractivity contribution in [2.45, 2.75) is 6.18 Å². The van der Waals surface area contributed by atoms with Crippen LogP contribution in [0.2, 0.25) is 0 Å². The van der Waals surface area contributed by atoms with Crippen LogP contribution in [-0.2, 0) is 15.7 Å². The zero-order valence-electron chi connectivity index (χ0n) is 14.1. The highest BCUT2D eigenvalue weighted by atomic mass is 19.4. The van der Waals surface area contributed by atoms with Crippen molar-refractivity contribution in [1.82, 2.24) is 14.7 Å². The molecule has 0 unspecified atom stereocenters. The van der Waals surface area contributed by atoms with Crippen molar-refractivity contribution in [3.05, 3.63) is 60.0 Å². The number of hydrogen-bond donors (Lipinski definition) is 1. The molecule has 3 rings (SSSR count). The van der Waals surface area contributed by atoms with E-state index in [9.17, 15) is 22.8 Å². The van der Waals surface area contributed by atoms with Gasteiger partial charge in [-0.05, 0) is 24.3 Å². The fraction of sp³-hybridized carbons (Fsp3) is 0.167. The summed E-state index contributed by atoms with van der Waals surface area (Å²) in [6.07, 6.45) is -2.93. The average Bonchev–Trinajstić information content (AvgIpc) is 3.05. The van der Waals surface area contributed by atoms with Gasteiger partial charge in [0.05, 0.1) is 23.9 Å². The smallest absolute Gasteiger partial charge is 0.416 e. The zero-order chi connectivity index (χ0) is 19.6. The van der Waals surface area contributed by atoms with Gasteiger partial charge in [-0.2, -0.15) is 13.2 Å². The third kappa shape index (κ3) is 3.76. The summed E-state index contributed by atoms with van der Waals surface area (Å²) in [5, 5.41) is 2.37. The van der Waals surface area contributed by atoms with Gasteiger partial charge in [0.1, 0.15) is 6.54 Å². The molecule has 3 aromatic rings. The maximum absolute atomic E-state index is 13.0. The highest BCUT2D eigenvalue weighted by molar-refractivity contribution is 5.96. The van der Waals surface area contributed by atoms with E-state index < -0.39 is 23.6 Å². The van der Waals surface area contributed by atoms with E-state index in [0.29, 0.717) is 5.52 Å². The van der Waals surface area contributed by atoms with E-state index in [2.05, 4.69) is 15.0 Å². The van der Waals surface area contributed by atoms with Crippen LogP contribution >= 0.6 is 0 Å². The molecule has 2 aromatic heterocycles. The fourth-order valence-electron chi connectivity index (χ4n) is 2.56. The van der Waals surface area contributed by atoms with E-state index in [4.69, 9.17) is 0 Å². The number of benzene rings is 1. The number of nitrogens with zero attached hydrogens (tertiary/aromatic N) is 2. The van der Waals surface area contributed by atoms with Gasteiger partial charge < -0.3 is 10.1 Å². The molecule has 9 heteroatoms. The Hall–Kier alpha value is -3.36. The van der Waals surface area contributed by atoms with Gasteiger partial charge in [-0.15, -0.1) is 0 Å². The Bertz CT molecular complexity index is 1010. The normalized spacial score (nSPS) is 11.4. The molecular weight excluding hydrogens is 363 g/mol. The lowest BCUT2D eigenvalue weighted by Crippen LogP contribution is -2.31. The number of esters is 1. The molecule has 6 nitrogen and oxygen atoms in total. The van der Waals surface area contributed by atoms with Gasteiger partial charge in [-0.25, -0.2) is 4.98 Å². The van der Waals surface area contributed by atoms with E-state index in [-0.39, 0.29) is 23.6 Å². The van der Waals surface area contributed by atoms with E-state index >= 15 is 0 Å². The average molecular weight is 377 g/mol. The van der Waals surface area contributed by atoms with Gasteiger partial charge in [-0.1, -0.05) is 18.2 Å². The Morgan fingerprint density at radius 2 is 1.96 bits per heavy atom. The summed E-state index contributed by atoms with van der Waals surface area (Å²) >= 11 is 0. The number of alkyl halides is 3. The summed E-state index contributed by atoms with van der Waals surface area (Å²) in [5.74, 6) is -1.34. The van der Waals surface area contributed by atoms with Crippen molar-refractivity contribution in [3.8, 4) is 11.3 Å². The van der Waals surface area contributed by atoms with E-state index in [1.54, 1.807) is 24.4 Å². The summed E-state index contributed by atoms with van der Waals surface area (Å²) in [4.78, 5) is 27.8. The number of halogens is 3. The Labute approximate surface area is 151 Å². The molecule has 0 saturated heterocycles. The lowest BCUT2D eigenvalue weighted by atomic mass is 10.1. The first kappa shape index (κ1) is 18.4. The topological polar surface area (TPSA) is 72.7 Å². The van der Waals surface area contributed by atoms with Crippen molar-refractivity contribution in [3.63, 3.8) is 0 Å². The van der Waals surface area contributed by atoms with Gasteiger partial charge in [-0.3, -0.25) is 14.0 Å². The van der Waals surface area contributed by atoms with Crippen LogP contribution in [-0.4, -0.2) is 34.9 Å². The second kappa shape index (κ2) is 7.10. The van der Waals surface area contributed by atoms with Crippen LogP contribution in [0.25, 0.3) is 16.8 Å². The van der Waals surface area contributed by atoms with Crippen LogP contribution in [0.3, 0.4) is 0 Å². The molecule has 140 valence electrons. The Kier molecular flexibility index (Phi) is 4.85. The third-order valence-corrected chi connectivity index (χ3v) is 3.84. The number of rotatable bonds is 4. The molecule has 0 aliphatic rings. The standard InChI is InChI=1S/C18H14F3N3O3/c1-27-14(25)10-22-17(26)16-23-15(13-7-2-3-8-24(13)16)11-5-4-6-12(9-11)18(19,20)21/h2-9H,10H2,1H3,(H,22,26). The highest BCUT2D eigenvalue weighted by Gasteiger charge is 2.31. The third-order valence-electron chi connectivity index (χ3n) is 3.84. The summed E-state index contributed by atoms with van der Waals surface area (Å²) in [5.41, 5.74) is 0.0966. The number of imidazole rings is 1. The number of ether oxygens (including phenoxy) is 1. The Morgan fingerprint density at radius 1 is 1.19 bits per heavy atom. The molecule has 1 N–H and O–H groups in total. The first-order chi connectivity index (χ1) is 12.8. The van der Waals surface area contributed by atoms with Gasteiger partial charge in [0.2, 0.25) is 5.82 Å². The van der Waals surface area contributed by atoms with Crippen LogP contribution in [0.5, 0.6) is 0 Å². The van der Waals surface area contributed by atoms with Crippen LogP contribution < -0.4 is 5.32 Å². The molecule has 0 aliphatic heterocycles. The number of nitrogens with one attached hydrogen (secondary N) is 1. The minimum absolute atomic E-state index is 0.0538. The molecule has 0 bridgehead atoms. The molecule has 27 heavy (non-hydrogen) atoms. The molecule has 2 heterocycles. The quantitative estimate of drug-likeness (QED) is 0.710. The number of aromatic nitrogens is 2. The van der Waals surface area contributed by atoms with E-state index in [0.717, 1.165) is 12.1 Å². The van der Waals surface area contributed by atoms with Crippen molar-refractivity contribution in [2.75, 3.05) is 13.7 Å². The maximum Gasteiger partial charge on any atom is 0.416 e. The number of fused-ring (bicyclic) bond motifs is 1. The molecule has 0 saturated carbocycles. The molecule has 0 atom stereocenters. The van der Waals surface area contributed by atoms with Gasteiger partial charge in [0.15, 0.2) is 0 Å². The van der Waals surface area contributed by atoms with E-state index in [1.165, 1.54) is 23.6 Å². The number of amides is 1. The minimum Gasteiger partial charge on any atom is -0.468 e. The van der Waals surface area contributed by atoms with Gasteiger partial charge in [0, 0.05) is 11.8 Å². The molecule has 0 aliphatic carbocycles. The number of pyridine rings is 1. The van der Waals surface area contributed by atoms with Crippen LogP contribution in [0.15, 0.2) is 48.7 Å². The maximum atomic E-state index is 13.0. The SMILES string of the molecule is COC(=O)CNC(=O)c1nc(-c2cccc(C(F)(F)F)c2)c2ccccn12. The second-order valence-electron chi connectivity index (χ2n) is 5.58. The Morgan fingerprint density at radius 3 is 2.67 bits per heavy atom. The molecule has 0 spiro atoms. The predicted molar refractivity (Wildman–Crippen MR) is 90.0 cm³/mol. The number of carbonyl (C=O) groups is 2. The largest absolute Gasteiger partial charge is 0.468 e. The van der Waals surface area contributed by atoms with Crippen molar-refractivity contribution in [2.24, 2.45) is 0 Å². The molecule has 0 fully saturated rings. The van der Waals surface area contributed by atoms with Crippen LogP contribution in [0.4, 0.5) is 13.2 Å². The fourth-order valence-corrected chi connectivity index (χ4v) is 2.56. The molecule has 1 aromatic carbocycles. The molecule has 1 amide bonds. The molecule has 0 radical (unpaired) electrons. The number of methoxy groups -OCH3 is 1. The van der Waals surface area contributed by atoms with Crippen molar-refractivity contribution in [1.29, 1.82) is 0 Å². The monoisotopic (exact) mass is 377 g/mol. The molecular formula is C18H14F3N3O3. The lowest BCUT2D eigenvalue weighted by Gasteiger charge is -2.07. The van der Waals surface area contributed by atoms with Crippen LogP contribution in [0, 0.1) is 0 Å². The first-order valence-electron chi connectivity index (χ1n) is 7.81. The zero-order valence-corrected chi connectivity index (χ0v) is 14.1. The van der Waals surface area contributed by atoms with E-state index in [1.807, 2.05) is 0 Å². The summed E-state index contributed by atoms with van der Waals surface area (Å²) < 4.78 is 44.9. The predicted octanol–water partition coefficient (Wildman–Crippen LogP) is 2.92. The summed E-state index contributed by atoms with van der Waals surface area (Å²) in [6, 6.07) is 9.69. The van der Waals surface area contributed by atoms with Gasteiger partial charge in [0.25, 0.3) is 5.91 Å². The highest BCUT2D eigenvalue weighted by Crippen LogP contribution is 2.33. The lowest BCUT2D eigenvalue weighted by molar-refractivity contribution is -0.139. The van der Waals surface area contributed by atoms with Gasteiger partial charge >= 0.3 is 12.1 Å². The summed E-state index contributed by atoms with van der Waals surface area (Å²) in [7, 11) is 1.19. The minimum atomic E-state index is -4.49. The number of carbonyl (C=O) groups excluding carboxylic acids is 2.